The van der Waals surface area contributed by atoms with Crippen LogP contribution in [-0.4, -0.2) is 9.55 Å². The summed E-state index contributed by atoms with van der Waals surface area (Å²) in [7, 11) is 0. The van der Waals surface area contributed by atoms with Crippen LogP contribution in [0.5, 0.6) is 0 Å². The van der Waals surface area contributed by atoms with Crippen molar-refractivity contribution in [3.63, 3.8) is 0 Å². The highest BCUT2D eigenvalue weighted by Gasteiger charge is 2.19. The van der Waals surface area contributed by atoms with E-state index < -0.39 is 0 Å². The van der Waals surface area contributed by atoms with Gasteiger partial charge in [0.25, 0.3) is 0 Å². The molecule has 0 aliphatic carbocycles. The normalized spacial score (nSPS) is 11.3. The van der Waals surface area contributed by atoms with Crippen LogP contribution in [0.3, 0.4) is 0 Å². The van der Waals surface area contributed by atoms with Gasteiger partial charge >= 0.3 is 0 Å². The number of hydrogen-bond donors (Lipinski definition) is 0. The molecule has 0 radical (unpaired) electrons. The summed E-state index contributed by atoms with van der Waals surface area (Å²) in [5.41, 5.74) is 8.52. The van der Waals surface area contributed by atoms with Gasteiger partial charge in [0.05, 0.1) is 17.4 Å². The fourth-order valence-corrected chi connectivity index (χ4v) is 4.85. The van der Waals surface area contributed by atoms with E-state index in [2.05, 4.69) is 126 Å². The van der Waals surface area contributed by atoms with Crippen LogP contribution in [0, 0.1) is 0 Å². The van der Waals surface area contributed by atoms with Gasteiger partial charge in [0.1, 0.15) is 0 Å². The zero-order chi connectivity index (χ0) is 22.0. The Balaban J connectivity index is 1.65. The van der Waals surface area contributed by atoms with Crippen LogP contribution in [0.15, 0.2) is 121 Å². The molecular formula is C31H24N2. The number of pyridine rings is 1. The van der Waals surface area contributed by atoms with E-state index in [1.54, 1.807) is 0 Å². The molecule has 2 aromatic heterocycles. The van der Waals surface area contributed by atoms with E-state index in [4.69, 9.17) is 4.98 Å². The molecule has 4 aromatic carbocycles. The molecule has 2 heterocycles. The summed E-state index contributed by atoms with van der Waals surface area (Å²) in [6, 6.07) is 40.7. The van der Waals surface area contributed by atoms with Gasteiger partial charge in [-0.25, -0.2) is 0 Å². The first kappa shape index (κ1) is 19.5. The lowest BCUT2D eigenvalue weighted by Crippen LogP contribution is -2.01. The van der Waals surface area contributed by atoms with Crippen LogP contribution in [0.4, 0.5) is 0 Å². The minimum absolute atomic E-state index is 0.821. The highest BCUT2D eigenvalue weighted by molar-refractivity contribution is 6.11. The summed E-state index contributed by atoms with van der Waals surface area (Å²) < 4.78 is 2.41. The van der Waals surface area contributed by atoms with Crippen LogP contribution in [-0.2, 0) is 13.0 Å². The molecule has 0 N–H and O–H groups in total. The Labute approximate surface area is 193 Å². The second-order valence-corrected chi connectivity index (χ2v) is 8.46. The SMILES string of the molecule is c1ccc(Cc2c(-c3ccccc3)ncc3c2c2ccccc2n3Cc2ccccc2)cc1. The topological polar surface area (TPSA) is 17.8 Å². The lowest BCUT2D eigenvalue weighted by Gasteiger charge is -2.13. The van der Waals surface area contributed by atoms with Gasteiger partial charge in [0.15, 0.2) is 0 Å². The molecule has 0 aliphatic heterocycles. The largest absolute Gasteiger partial charge is 0.335 e. The molecule has 0 saturated carbocycles. The second-order valence-electron chi connectivity index (χ2n) is 8.46. The van der Waals surface area contributed by atoms with E-state index in [0.717, 1.165) is 24.2 Å². The van der Waals surface area contributed by atoms with Crippen molar-refractivity contribution < 1.29 is 0 Å². The van der Waals surface area contributed by atoms with Gasteiger partial charge in [-0.1, -0.05) is 109 Å². The lowest BCUT2D eigenvalue weighted by molar-refractivity contribution is 0.866. The Morgan fingerprint density at radius 2 is 1.18 bits per heavy atom. The van der Waals surface area contributed by atoms with E-state index in [9.17, 15) is 0 Å². The lowest BCUT2D eigenvalue weighted by atomic mass is 9.95. The Bertz CT molecular complexity index is 1530. The predicted molar refractivity (Wildman–Crippen MR) is 137 cm³/mol. The molecule has 6 aromatic rings. The zero-order valence-corrected chi connectivity index (χ0v) is 18.4. The van der Waals surface area contributed by atoms with Gasteiger partial charge in [0.2, 0.25) is 0 Å². The number of rotatable bonds is 5. The van der Waals surface area contributed by atoms with Crippen LogP contribution in [0.2, 0.25) is 0 Å². The third-order valence-electron chi connectivity index (χ3n) is 6.37. The number of benzene rings is 4. The van der Waals surface area contributed by atoms with Gasteiger partial charge in [-0.15, -0.1) is 0 Å². The van der Waals surface area contributed by atoms with Crippen molar-refractivity contribution >= 4 is 21.8 Å². The van der Waals surface area contributed by atoms with E-state index in [1.807, 2.05) is 0 Å². The molecule has 0 amide bonds. The summed E-state index contributed by atoms with van der Waals surface area (Å²) in [4.78, 5) is 5.05. The number of para-hydroxylation sites is 1. The maximum Gasteiger partial charge on any atom is 0.0745 e. The Morgan fingerprint density at radius 1 is 0.576 bits per heavy atom. The average Bonchev–Trinajstić information content (AvgIpc) is 3.20. The third kappa shape index (κ3) is 3.60. The number of aromatic nitrogens is 2. The Morgan fingerprint density at radius 3 is 1.91 bits per heavy atom. The summed E-state index contributed by atoms with van der Waals surface area (Å²) >= 11 is 0. The van der Waals surface area contributed by atoms with Crippen molar-refractivity contribution in [1.29, 1.82) is 0 Å². The molecular weight excluding hydrogens is 400 g/mol. The summed E-state index contributed by atoms with van der Waals surface area (Å²) in [6.45, 7) is 0.821. The number of nitrogens with zero attached hydrogens (tertiary/aromatic N) is 2. The average molecular weight is 425 g/mol. The first-order chi connectivity index (χ1) is 16.4. The first-order valence-corrected chi connectivity index (χ1v) is 11.4. The third-order valence-corrected chi connectivity index (χ3v) is 6.37. The summed E-state index contributed by atoms with van der Waals surface area (Å²) in [5, 5.41) is 2.59. The molecule has 0 unspecified atom stereocenters. The highest BCUT2D eigenvalue weighted by atomic mass is 15.0. The Kier molecular flexibility index (Phi) is 4.97. The fraction of sp³-hybridized carbons (Fsp3) is 0.0645. The van der Waals surface area contributed by atoms with Crippen molar-refractivity contribution in [3.8, 4) is 11.3 Å². The molecule has 0 saturated heterocycles. The molecule has 2 nitrogen and oxygen atoms in total. The van der Waals surface area contributed by atoms with Crippen LogP contribution < -0.4 is 0 Å². The fourth-order valence-electron chi connectivity index (χ4n) is 4.85. The van der Waals surface area contributed by atoms with Crippen molar-refractivity contribution in [2.75, 3.05) is 0 Å². The van der Waals surface area contributed by atoms with Crippen molar-refractivity contribution in [2.45, 2.75) is 13.0 Å². The van der Waals surface area contributed by atoms with Crippen LogP contribution in [0.25, 0.3) is 33.1 Å². The molecule has 0 atom stereocenters. The van der Waals surface area contributed by atoms with Gasteiger partial charge < -0.3 is 4.57 Å². The molecule has 0 spiro atoms. The molecule has 0 aliphatic rings. The van der Waals surface area contributed by atoms with E-state index >= 15 is 0 Å². The van der Waals surface area contributed by atoms with Crippen molar-refractivity contribution in [3.05, 3.63) is 138 Å². The smallest absolute Gasteiger partial charge is 0.0745 e. The minimum atomic E-state index is 0.821. The van der Waals surface area contributed by atoms with Gasteiger partial charge in [-0.2, -0.15) is 0 Å². The molecule has 6 rings (SSSR count). The first-order valence-electron chi connectivity index (χ1n) is 11.4. The number of hydrogen-bond acceptors (Lipinski definition) is 1. The molecule has 0 fully saturated rings. The van der Waals surface area contributed by atoms with Gasteiger partial charge in [-0.3, -0.25) is 4.98 Å². The van der Waals surface area contributed by atoms with Gasteiger partial charge in [0, 0.05) is 34.8 Å². The van der Waals surface area contributed by atoms with E-state index in [-0.39, 0.29) is 0 Å². The standard InChI is InChI=1S/C31H24N2/c1-4-12-23(13-5-1)20-27-30-26-18-10-11-19-28(26)33(22-24-14-6-2-7-15-24)29(30)21-32-31(27)25-16-8-3-9-17-25/h1-19,21H,20,22H2. The maximum atomic E-state index is 5.05. The second kappa shape index (κ2) is 8.40. The summed E-state index contributed by atoms with van der Waals surface area (Å²) in [6.07, 6.45) is 2.91. The molecule has 158 valence electrons. The monoisotopic (exact) mass is 424 g/mol. The Hall–Kier alpha value is -4.17. The van der Waals surface area contributed by atoms with Crippen molar-refractivity contribution in [1.82, 2.24) is 9.55 Å². The molecule has 33 heavy (non-hydrogen) atoms. The van der Waals surface area contributed by atoms with Gasteiger partial charge in [-0.05, 0) is 22.8 Å². The molecule has 0 bridgehead atoms. The summed E-state index contributed by atoms with van der Waals surface area (Å²) in [5.74, 6) is 0. The van der Waals surface area contributed by atoms with Crippen LogP contribution in [0.1, 0.15) is 16.7 Å². The van der Waals surface area contributed by atoms with Crippen molar-refractivity contribution in [2.24, 2.45) is 0 Å². The highest BCUT2D eigenvalue weighted by Crippen LogP contribution is 2.37. The van der Waals surface area contributed by atoms with E-state index in [1.165, 1.54) is 38.5 Å². The molecule has 2 heteroatoms. The van der Waals surface area contributed by atoms with E-state index in [0.29, 0.717) is 0 Å². The predicted octanol–water partition coefficient (Wildman–Crippen LogP) is 7.50. The zero-order valence-electron chi connectivity index (χ0n) is 18.4. The van der Waals surface area contributed by atoms with Crippen LogP contribution >= 0.6 is 0 Å². The minimum Gasteiger partial charge on any atom is -0.335 e. The quantitative estimate of drug-likeness (QED) is 0.280. The maximum absolute atomic E-state index is 5.05. The number of fused-ring (bicyclic) bond motifs is 3.